The van der Waals surface area contributed by atoms with Crippen LogP contribution < -0.4 is 10.6 Å². The molecule has 1 aromatic carbocycles. The van der Waals surface area contributed by atoms with Crippen LogP contribution >= 0.6 is 0 Å². The summed E-state index contributed by atoms with van der Waals surface area (Å²) in [5.41, 5.74) is 1.85. The Bertz CT molecular complexity index is 600. The van der Waals surface area contributed by atoms with E-state index in [0.717, 1.165) is 45.0 Å². The second-order valence-electron chi connectivity index (χ2n) is 8.59. The third-order valence-electron chi connectivity index (χ3n) is 6.59. The van der Waals surface area contributed by atoms with Crippen LogP contribution in [0.5, 0.6) is 0 Å². The van der Waals surface area contributed by atoms with Crippen LogP contribution in [0.3, 0.4) is 0 Å². The predicted molar refractivity (Wildman–Crippen MR) is 117 cm³/mol. The molecule has 2 fully saturated rings. The molecule has 5 heteroatoms. The Hall–Kier alpha value is -1.59. The van der Waals surface area contributed by atoms with Crippen molar-refractivity contribution >= 4 is 5.96 Å². The number of nitrogens with one attached hydrogen (secondary N) is 2. The zero-order valence-electron chi connectivity index (χ0n) is 17.8. The molecule has 28 heavy (non-hydrogen) atoms. The maximum atomic E-state index is 5.30. The Kier molecular flexibility index (Phi) is 8.16. The van der Waals surface area contributed by atoms with Crippen LogP contribution in [0.4, 0.5) is 0 Å². The van der Waals surface area contributed by atoms with Gasteiger partial charge in [-0.25, -0.2) is 0 Å². The number of ether oxygens (including phenoxy) is 1. The number of rotatable bonds is 10. The first-order valence-corrected chi connectivity index (χ1v) is 10.9. The van der Waals surface area contributed by atoms with E-state index in [1.165, 1.54) is 44.3 Å². The molecule has 1 aliphatic heterocycles. The highest BCUT2D eigenvalue weighted by Crippen LogP contribution is 2.43. The van der Waals surface area contributed by atoms with Crippen LogP contribution in [0, 0.1) is 11.3 Å². The number of methoxy groups -OCH3 is 1. The second kappa shape index (κ2) is 10.8. The van der Waals surface area contributed by atoms with Gasteiger partial charge in [0.15, 0.2) is 5.96 Å². The molecule has 1 heterocycles. The number of aliphatic imine (C=N–C) groups is 1. The zero-order valence-corrected chi connectivity index (χ0v) is 17.8. The number of hydrogen-bond donors (Lipinski definition) is 2. The van der Waals surface area contributed by atoms with E-state index < -0.39 is 0 Å². The molecule has 0 radical (unpaired) electrons. The van der Waals surface area contributed by atoms with Crippen LogP contribution in [0.25, 0.3) is 0 Å². The van der Waals surface area contributed by atoms with Crippen molar-refractivity contribution in [1.82, 2.24) is 15.5 Å². The van der Waals surface area contributed by atoms with Gasteiger partial charge in [-0.3, -0.25) is 4.99 Å². The van der Waals surface area contributed by atoms with E-state index >= 15 is 0 Å². The van der Waals surface area contributed by atoms with Gasteiger partial charge in [0.25, 0.3) is 0 Å². The van der Waals surface area contributed by atoms with Crippen molar-refractivity contribution in [2.24, 2.45) is 16.3 Å². The summed E-state index contributed by atoms with van der Waals surface area (Å²) in [7, 11) is 3.67. The summed E-state index contributed by atoms with van der Waals surface area (Å²) in [6.07, 6.45) is 7.52. The molecule has 0 bridgehead atoms. The van der Waals surface area contributed by atoms with E-state index in [2.05, 4.69) is 50.9 Å². The third kappa shape index (κ3) is 6.21. The molecule has 0 spiro atoms. The minimum absolute atomic E-state index is 0.412. The molecule has 0 amide bonds. The zero-order chi connectivity index (χ0) is 19.7. The Morgan fingerprint density at radius 1 is 1.25 bits per heavy atom. The Morgan fingerprint density at radius 2 is 2.07 bits per heavy atom. The molecule has 1 aliphatic carbocycles. The summed E-state index contributed by atoms with van der Waals surface area (Å²) < 4.78 is 5.30. The van der Waals surface area contributed by atoms with E-state index in [0.29, 0.717) is 11.3 Å². The molecule has 0 aromatic heterocycles. The highest BCUT2D eigenvalue weighted by atomic mass is 16.5. The van der Waals surface area contributed by atoms with E-state index in [-0.39, 0.29) is 0 Å². The Morgan fingerprint density at radius 3 is 2.75 bits per heavy atom. The number of hydrogen-bond acceptors (Lipinski definition) is 3. The summed E-state index contributed by atoms with van der Waals surface area (Å²) in [4.78, 5) is 7.04. The lowest BCUT2D eigenvalue weighted by atomic mass is 9.67. The van der Waals surface area contributed by atoms with Gasteiger partial charge in [0.2, 0.25) is 0 Å². The molecule has 2 N–H and O–H groups in total. The van der Waals surface area contributed by atoms with Crippen molar-refractivity contribution in [2.75, 3.05) is 53.5 Å². The van der Waals surface area contributed by atoms with Crippen molar-refractivity contribution in [2.45, 2.75) is 38.5 Å². The number of nitrogens with zero attached hydrogens (tertiary/aromatic N) is 2. The molecule has 1 atom stereocenters. The monoisotopic (exact) mass is 386 g/mol. The normalized spacial score (nSPS) is 22.1. The quantitative estimate of drug-likeness (QED) is 0.479. The lowest BCUT2D eigenvalue weighted by Crippen LogP contribution is -2.47. The predicted octanol–water partition coefficient (Wildman–Crippen LogP) is 2.92. The van der Waals surface area contributed by atoms with Crippen LogP contribution in [0.15, 0.2) is 35.3 Å². The average molecular weight is 387 g/mol. The van der Waals surface area contributed by atoms with Crippen LogP contribution in [0.1, 0.15) is 37.7 Å². The van der Waals surface area contributed by atoms with Gasteiger partial charge >= 0.3 is 0 Å². The van der Waals surface area contributed by atoms with Crippen LogP contribution in [-0.4, -0.2) is 64.3 Å². The van der Waals surface area contributed by atoms with Crippen molar-refractivity contribution in [1.29, 1.82) is 0 Å². The lowest BCUT2D eigenvalue weighted by Gasteiger charge is -2.42. The van der Waals surface area contributed by atoms with Gasteiger partial charge < -0.3 is 20.3 Å². The average Bonchev–Trinajstić information content (AvgIpc) is 3.16. The van der Waals surface area contributed by atoms with Gasteiger partial charge in [-0.15, -0.1) is 0 Å². The fraction of sp³-hybridized carbons (Fsp3) is 0.696. The fourth-order valence-electron chi connectivity index (χ4n) is 4.46. The molecule has 156 valence electrons. The van der Waals surface area contributed by atoms with Crippen molar-refractivity contribution in [3.63, 3.8) is 0 Å². The van der Waals surface area contributed by atoms with E-state index in [1.807, 2.05) is 7.05 Å². The van der Waals surface area contributed by atoms with Crippen LogP contribution in [-0.2, 0) is 11.2 Å². The van der Waals surface area contributed by atoms with Crippen LogP contribution in [0.2, 0.25) is 0 Å². The largest absolute Gasteiger partial charge is 0.385 e. The summed E-state index contributed by atoms with van der Waals surface area (Å²) >= 11 is 0. The molecule has 1 aromatic rings. The first-order chi connectivity index (χ1) is 13.7. The van der Waals surface area contributed by atoms with Gasteiger partial charge in [-0.05, 0) is 55.5 Å². The highest BCUT2D eigenvalue weighted by molar-refractivity contribution is 5.79. The van der Waals surface area contributed by atoms with Crippen molar-refractivity contribution in [3.8, 4) is 0 Å². The molecule has 3 rings (SSSR count). The summed E-state index contributed by atoms with van der Waals surface area (Å²) in [5, 5.41) is 7.14. The molecule has 1 unspecified atom stereocenters. The smallest absolute Gasteiger partial charge is 0.191 e. The van der Waals surface area contributed by atoms with E-state index in [4.69, 9.17) is 4.74 Å². The SMILES string of the molecule is CN=C(NCC1CCN(CCc2ccccc2)C1)NCC1(CCOC)CCC1. The minimum atomic E-state index is 0.412. The van der Waals surface area contributed by atoms with Crippen molar-refractivity contribution < 1.29 is 4.74 Å². The van der Waals surface area contributed by atoms with Gasteiger partial charge in [0, 0.05) is 46.9 Å². The van der Waals surface area contributed by atoms with E-state index in [1.54, 1.807) is 7.11 Å². The number of benzene rings is 1. The van der Waals surface area contributed by atoms with Gasteiger partial charge in [-0.1, -0.05) is 36.8 Å². The van der Waals surface area contributed by atoms with Gasteiger partial charge in [-0.2, -0.15) is 0 Å². The van der Waals surface area contributed by atoms with E-state index in [9.17, 15) is 0 Å². The Balaban J connectivity index is 1.34. The fourth-order valence-corrected chi connectivity index (χ4v) is 4.46. The molecule has 1 saturated carbocycles. The van der Waals surface area contributed by atoms with Crippen molar-refractivity contribution in [3.05, 3.63) is 35.9 Å². The maximum absolute atomic E-state index is 5.30. The summed E-state index contributed by atoms with van der Waals surface area (Å²) in [6, 6.07) is 10.8. The summed E-state index contributed by atoms with van der Waals surface area (Å²) in [5.74, 6) is 1.66. The first kappa shape index (κ1) is 21.1. The molecular formula is C23H38N4O. The van der Waals surface area contributed by atoms with Gasteiger partial charge in [0.1, 0.15) is 0 Å². The molecule has 5 nitrogen and oxygen atoms in total. The first-order valence-electron chi connectivity index (χ1n) is 10.9. The standard InChI is InChI=1S/C23H38N4O/c1-24-22(26-19-23(11-6-12-23)13-16-28-2)25-17-21-10-15-27(18-21)14-9-20-7-4-3-5-8-20/h3-5,7-8,21H,6,9-19H2,1-2H3,(H2,24,25,26). The minimum Gasteiger partial charge on any atom is -0.385 e. The molecule has 1 saturated heterocycles. The number of guanidine groups is 1. The maximum Gasteiger partial charge on any atom is 0.191 e. The van der Waals surface area contributed by atoms with Gasteiger partial charge in [0.05, 0.1) is 0 Å². The number of likely N-dealkylation sites (tertiary alicyclic amines) is 1. The Labute approximate surface area is 170 Å². The second-order valence-corrected chi connectivity index (χ2v) is 8.59. The molecule has 2 aliphatic rings. The lowest BCUT2D eigenvalue weighted by molar-refractivity contribution is 0.0732. The summed E-state index contributed by atoms with van der Waals surface area (Å²) in [6.45, 7) is 6.43. The third-order valence-corrected chi connectivity index (χ3v) is 6.59. The molecular weight excluding hydrogens is 348 g/mol. The highest BCUT2D eigenvalue weighted by Gasteiger charge is 2.36. The topological polar surface area (TPSA) is 48.9 Å².